The van der Waals surface area contributed by atoms with Crippen molar-refractivity contribution in [3.05, 3.63) is 102 Å². The average Bonchev–Trinajstić information content (AvgIpc) is 3.29. The summed E-state index contributed by atoms with van der Waals surface area (Å²) in [4.78, 5) is 1.61. The van der Waals surface area contributed by atoms with Gasteiger partial charge in [0.15, 0.2) is 0 Å². The van der Waals surface area contributed by atoms with Gasteiger partial charge in [0, 0.05) is 0 Å². The van der Waals surface area contributed by atoms with Crippen molar-refractivity contribution >= 4 is 10.0 Å². The van der Waals surface area contributed by atoms with E-state index in [1.807, 2.05) is 61.5 Å². The number of benzene rings is 3. The van der Waals surface area contributed by atoms with Crippen LogP contribution in [0.15, 0.2) is 96.2 Å². The van der Waals surface area contributed by atoms with Crippen LogP contribution in [0.4, 0.5) is 0 Å². The van der Waals surface area contributed by atoms with Gasteiger partial charge in [-0.05, 0) is 48.4 Å². The molecule has 1 aromatic heterocycles. The third kappa shape index (κ3) is 5.17. The zero-order chi connectivity index (χ0) is 21.7. The van der Waals surface area contributed by atoms with Gasteiger partial charge in [0.05, 0.1) is 29.9 Å². The zero-order valence-corrected chi connectivity index (χ0v) is 17.7. The van der Waals surface area contributed by atoms with Crippen LogP contribution < -0.4 is 9.46 Å². The van der Waals surface area contributed by atoms with Crippen LogP contribution in [0.25, 0.3) is 0 Å². The number of ether oxygens (including phenoxy) is 1. The number of nitrogens with one attached hydrogen (secondary N) is 1. The summed E-state index contributed by atoms with van der Waals surface area (Å²) in [5, 5.41) is 8.19. The highest BCUT2D eigenvalue weighted by Gasteiger charge is 2.22. The van der Waals surface area contributed by atoms with E-state index in [0.29, 0.717) is 5.75 Å². The molecule has 31 heavy (non-hydrogen) atoms. The predicted molar refractivity (Wildman–Crippen MR) is 117 cm³/mol. The van der Waals surface area contributed by atoms with Gasteiger partial charge in [0.2, 0.25) is 10.0 Å². The molecule has 1 N–H and O–H groups in total. The second kappa shape index (κ2) is 9.11. The maximum Gasteiger partial charge on any atom is 0.241 e. The Morgan fingerprint density at radius 1 is 0.903 bits per heavy atom. The summed E-state index contributed by atoms with van der Waals surface area (Å²) in [7, 11) is -3.78. The molecule has 7 nitrogen and oxygen atoms in total. The minimum absolute atomic E-state index is 0.152. The molecule has 0 aliphatic rings. The second-order valence-corrected chi connectivity index (χ2v) is 8.72. The maximum atomic E-state index is 13.1. The van der Waals surface area contributed by atoms with Crippen molar-refractivity contribution in [1.29, 1.82) is 0 Å². The normalized spacial score (nSPS) is 12.4. The highest BCUT2D eigenvalue weighted by molar-refractivity contribution is 7.89. The first-order valence-corrected chi connectivity index (χ1v) is 11.2. The number of sulfonamides is 1. The molecular formula is C23H22N4O3S. The van der Waals surface area contributed by atoms with Gasteiger partial charge in [0.25, 0.3) is 0 Å². The van der Waals surface area contributed by atoms with Crippen molar-refractivity contribution in [3.8, 4) is 11.5 Å². The summed E-state index contributed by atoms with van der Waals surface area (Å²) in [6, 6.07) is 22.8. The molecule has 0 aliphatic carbocycles. The van der Waals surface area contributed by atoms with Crippen molar-refractivity contribution in [2.75, 3.05) is 0 Å². The fourth-order valence-electron chi connectivity index (χ4n) is 3.14. The topological polar surface area (TPSA) is 86.1 Å². The third-order valence-electron chi connectivity index (χ3n) is 4.77. The molecule has 4 aromatic rings. The van der Waals surface area contributed by atoms with Gasteiger partial charge < -0.3 is 4.74 Å². The van der Waals surface area contributed by atoms with E-state index in [0.717, 1.165) is 16.9 Å². The molecule has 1 atom stereocenters. The van der Waals surface area contributed by atoms with Crippen molar-refractivity contribution in [2.24, 2.45) is 0 Å². The molecule has 3 aromatic carbocycles. The van der Waals surface area contributed by atoms with Crippen LogP contribution in [-0.2, 0) is 16.6 Å². The minimum atomic E-state index is -3.78. The molecule has 1 unspecified atom stereocenters. The SMILES string of the molecule is Cc1ccccc1Oc1ccc(S(=O)(=O)NC(Cn2nccn2)c2ccccc2)cc1. The Bertz CT molecular complexity index is 1230. The molecule has 4 rings (SSSR count). The summed E-state index contributed by atoms with van der Waals surface area (Å²) in [5.41, 5.74) is 1.82. The van der Waals surface area contributed by atoms with E-state index >= 15 is 0 Å². The summed E-state index contributed by atoms with van der Waals surface area (Å²) in [6.45, 7) is 2.22. The lowest BCUT2D eigenvalue weighted by molar-refractivity contribution is 0.444. The molecule has 158 valence electrons. The predicted octanol–water partition coefficient (Wildman–Crippen LogP) is 4.10. The van der Waals surface area contributed by atoms with Crippen molar-refractivity contribution in [3.63, 3.8) is 0 Å². The van der Waals surface area contributed by atoms with Crippen molar-refractivity contribution < 1.29 is 13.2 Å². The fourth-order valence-corrected chi connectivity index (χ4v) is 4.35. The highest BCUT2D eigenvalue weighted by Crippen LogP contribution is 2.26. The molecule has 0 bridgehead atoms. The Morgan fingerprint density at radius 3 is 2.23 bits per heavy atom. The van der Waals surface area contributed by atoms with Crippen molar-refractivity contribution in [1.82, 2.24) is 19.7 Å². The maximum absolute atomic E-state index is 13.1. The van der Waals surface area contributed by atoms with E-state index in [1.54, 1.807) is 24.5 Å². The number of hydrogen-bond donors (Lipinski definition) is 1. The highest BCUT2D eigenvalue weighted by atomic mass is 32.2. The Labute approximate surface area is 181 Å². The Kier molecular flexibility index (Phi) is 6.11. The van der Waals surface area contributed by atoms with Gasteiger partial charge in [0.1, 0.15) is 11.5 Å². The lowest BCUT2D eigenvalue weighted by Gasteiger charge is -2.19. The van der Waals surface area contributed by atoms with Crippen LogP contribution in [0, 0.1) is 6.92 Å². The van der Waals surface area contributed by atoms with Crippen LogP contribution >= 0.6 is 0 Å². The smallest absolute Gasteiger partial charge is 0.241 e. The number of aromatic nitrogens is 3. The average molecular weight is 435 g/mol. The third-order valence-corrected chi connectivity index (χ3v) is 6.25. The second-order valence-electron chi connectivity index (χ2n) is 7.01. The lowest BCUT2D eigenvalue weighted by atomic mass is 10.1. The van der Waals surface area contributed by atoms with Gasteiger partial charge in [-0.3, -0.25) is 0 Å². The number of para-hydroxylation sites is 1. The van der Waals surface area contributed by atoms with E-state index in [-0.39, 0.29) is 11.4 Å². The van der Waals surface area contributed by atoms with Crippen LogP contribution in [-0.4, -0.2) is 23.4 Å². The molecule has 0 fully saturated rings. The van der Waals surface area contributed by atoms with Crippen LogP contribution in [0.1, 0.15) is 17.2 Å². The number of nitrogens with zero attached hydrogens (tertiary/aromatic N) is 3. The summed E-state index contributed by atoms with van der Waals surface area (Å²) in [6.07, 6.45) is 3.12. The Hall–Kier alpha value is -3.49. The molecule has 0 saturated carbocycles. The van der Waals surface area contributed by atoms with E-state index in [4.69, 9.17) is 4.74 Å². The quantitative estimate of drug-likeness (QED) is 0.451. The van der Waals surface area contributed by atoms with Gasteiger partial charge in [-0.1, -0.05) is 48.5 Å². The first-order chi connectivity index (χ1) is 15.0. The van der Waals surface area contributed by atoms with Gasteiger partial charge in [-0.25, -0.2) is 13.1 Å². The van der Waals surface area contributed by atoms with Gasteiger partial charge in [-0.15, -0.1) is 0 Å². The van der Waals surface area contributed by atoms with Crippen LogP contribution in [0.3, 0.4) is 0 Å². The fraction of sp³-hybridized carbons (Fsp3) is 0.130. The summed E-state index contributed by atoms with van der Waals surface area (Å²) in [5.74, 6) is 1.29. The van der Waals surface area contributed by atoms with E-state index in [9.17, 15) is 8.42 Å². The number of rotatable bonds is 8. The molecule has 0 radical (unpaired) electrons. The first-order valence-electron chi connectivity index (χ1n) is 9.76. The standard InChI is InChI=1S/C23H22N4O3S/c1-18-7-5-6-10-23(18)30-20-11-13-21(14-12-20)31(28,29)26-22(17-27-24-15-16-25-27)19-8-3-2-4-9-19/h2-16,22,26H,17H2,1H3. The lowest BCUT2D eigenvalue weighted by Crippen LogP contribution is -2.32. The Balaban J connectivity index is 1.54. The van der Waals surface area contributed by atoms with Crippen molar-refractivity contribution in [2.45, 2.75) is 24.4 Å². The molecule has 0 spiro atoms. The largest absolute Gasteiger partial charge is 0.457 e. The van der Waals surface area contributed by atoms with E-state index < -0.39 is 16.1 Å². The van der Waals surface area contributed by atoms with Gasteiger partial charge >= 0.3 is 0 Å². The van der Waals surface area contributed by atoms with Crippen LogP contribution in [0.5, 0.6) is 11.5 Å². The zero-order valence-electron chi connectivity index (χ0n) is 16.9. The molecule has 0 amide bonds. The molecular weight excluding hydrogens is 412 g/mol. The summed E-state index contributed by atoms with van der Waals surface area (Å²) < 4.78 is 34.8. The molecule has 0 aliphatic heterocycles. The van der Waals surface area contributed by atoms with Gasteiger partial charge in [-0.2, -0.15) is 15.0 Å². The number of hydrogen-bond acceptors (Lipinski definition) is 5. The summed E-state index contributed by atoms with van der Waals surface area (Å²) >= 11 is 0. The minimum Gasteiger partial charge on any atom is -0.457 e. The first kappa shape index (κ1) is 20.8. The van der Waals surface area contributed by atoms with E-state index in [1.165, 1.54) is 16.9 Å². The monoisotopic (exact) mass is 434 g/mol. The van der Waals surface area contributed by atoms with E-state index in [2.05, 4.69) is 14.9 Å². The molecule has 0 saturated heterocycles. The number of aryl methyl sites for hydroxylation is 1. The molecule has 1 heterocycles. The molecule has 8 heteroatoms. The van der Waals surface area contributed by atoms with Crippen LogP contribution in [0.2, 0.25) is 0 Å². The Morgan fingerprint density at radius 2 is 1.55 bits per heavy atom.